The van der Waals surface area contributed by atoms with E-state index < -0.39 is 40.2 Å². The lowest BCUT2D eigenvalue weighted by atomic mass is 9.96. The molecule has 0 aliphatic heterocycles. The van der Waals surface area contributed by atoms with E-state index in [4.69, 9.17) is 0 Å². The van der Waals surface area contributed by atoms with Gasteiger partial charge in [-0.15, -0.1) is 0 Å². The molecule has 14 rings (SSSR count). The summed E-state index contributed by atoms with van der Waals surface area (Å²) < 4.78 is 86.8. The summed E-state index contributed by atoms with van der Waals surface area (Å²) in [5.41, 5.74) is 7.30. The summed E-state index contributed by atoms with van der Waals surface area (Å²) in [6.07, 6.45) is 0. The highest BCUT2D eigenvalue weighted by molar-refractivity contribution is 6.28. The van der Waals surface area contributed by atoms with E-state index in [9.17, 15) is 9.65 Å². The van der Waals surface area contributed by atoms with Crippen molar-refractivity contribution >= 4 is 87.2 Å². The van der Waals surface area contributed by atoms with Gasteiger partial charge >= 0.3 is 0 Å². The van der Waals surface area contributed by atoms with Crippen LogP contribution in [0.3, 0.4) is 0 Å². The van der Waals surface area contributed by atoms with Gasteiger partial charge in [-0.3, -0.25) is 0 Å². The van der Waals surface area contributed by atoms with Crippen molar-refractivity contribution in [2.45, 2.75) is 0 Å². The zero-order chi connectivity index (χ0) is 47.8. The first-order valence-corrected chi connectivity index (χ1v) is 23.0. The van der Waals surface area contributed by atoms with Crippen molar-refractivity contribution in [3.63, 3.8) is 0 Å². The molecule has 0 saturated carbocycles. The summed E-state index contributed by atoms with van der Waals surface area (Å²) in [4.78, 5) is 0. The Bertz CT molecular complexity index is 4620. The van der Waals surface area contributed by atoms with Crippen LogP contribution in [0.1, 0.15) is 5.56 Å². The number of benzene rings is 10. The van der Waals surface area contributed by atoms with Crippen LogP contribution >= 0.6 is 0 Å². The number of hydrogen-bond acceptors (Lipinski definition) is 1. The lowest BCUT2D eigenvalue weighted by Crippen LogP contribution is -2.08. The predicted octanol–water partition coefficient (Wildman–Crippen LogP) is 16.3. The van der Waals surface area contributed by atoms with Gasteiger partial charge in [-0.1, -0.05) is 121 Å². The standard InChI is InChI=1S/C61H32F5N5/c62-55-54(56(63)58(65)59(66)57(55)64)43-32-51(71-45-24-12-8-20-38(45)40-28-30-49-53(61(40)71)42-22-10-14-26-47(42)69(49)36-17-5-2-6-18-36)50(31-34(43)33-67)70-44-23-11-7-19-37(44)39-27-29-48-52(60(39)70)41-21-9-13-25-46(41)68(48)35-15-3-1-4-16-35/h1-32H. The molecule has 71 heavy (non-hydrogen) atoms. The molecule has 4 aromatic heterocycles. The van der Waals surface area contributed by atoms with E-state index in [0.717, 1.165) is 93.1 Å². The third-order valence-electron chi connectivity index (χ3n) is 14.2. The lowest BCUT2D eigenvalue weighted by molar-refractivity contribution is 0.381. The van der Waals surface area contributed by atoms with Crippen LogP contribution in [0.15, 0.2) is 194 Å². The fraction of sp³-hybridized carbons (Fsp3) is 0. The first kappa shape index (κ1) is 40.6. The van der Waals surface area contributed by atoms with Gasteiger partial charge in [-0.05, 0) is 72.8 Å². The highest BCUT2D eigenvalue weighted by Gasteiger charge is 2.32. The molecule has 0 saturated heterocycles. The fourth-order valence-electron chi connectivity index (χ4n) is 11.3. The number of para-hydroxylation sites is 6. The van der Waals surface area contributed by atoms with Gasteiger partial charge in [0.15, 0.2) is 23.3 Å². The second kappa shape index (κ2) is 15.0. The number of rotatable bonds is 5. The zero-order valence-electron chi connectivity index (χ0n) is 37.1. The van der Waals surface area contributed by atoms with Crippen LogP contribution in [0.25, 0.3) is 121 Å². The Morgan fingerprint density at radius 1 is 0.324 bits per heavy atom. The van der Waals surface area contributed by atoms with E-state index in [1.165, 1.54) is 12.1 Å². The molecule has 0 N–H and O–H groups in total. The molecule has 0 atom stereocenters. The monoisotopic (exact) mass is 929 g/mol. The average molecular weight is 930 g/mol. The summed E-state index contributed by atoms with van der Waals surface area (Å²) in [6, 6.07) is 65.4. The Labute approximate surface area is 399 Å². The first-order chi connectivity index (χ1) is 34.8. The van der Waals surface area contributed by atoms with E-state index in [-0.39, 0.29) is 5.56 Å². The van der Waals surface area contributed by atoms with Crippen LogP contribution in [-0.4, -0.2) is 18.3 Å². The molecule has 10 aromatic carbocycles. The molecule has 10 heteroatoms. The second-order valence-corrected chi connectivity index (χ2v) is 17.7. The molecule has 0 spiro atoms. The van der Waals surface area contributed by atoms with Crippen LogP contribution in [0.4, 0.5) is 22.0 Å². The minimum absolute atomic E-state index is 0.302. The maximum atomic E-state index is 16.3. The molecule has 336 valence electrons. The maximum absolute atomic E-state index is 16.3. The van der Waals surface area contributed by atoms with E-state index >= 15 is 17.6 Å². The molecule has 0 radical (unpaired) electrons. The molecule has 5 nitrogen and oxygen atoms in total. The van der Waals surface area contributed by atoms with Gasteiger partial charge in [0.25, 0.3) is 0 Å². The third-order valence-corrected chi connectivity index (χ3v) is 14.2. The smallest absolute Gasteiger partial charge is 0.200 e. The maximum Gasteiger partial charge on any atom is 0.200 e. The van der Waals surface area contributed by atoms with E-state index in [2.05, 4.69) is 80.4 Å². The van der Waals surface area contributed by atoms with Crippen LogP contribution in [0.5, 0.6) is 0 Å². The normalized spacial score (nSPS) is 12.0. The predicted molar refractivity (Wildman–Crippen MR) is 274 cm³/mol. The summed E-state index contributed by atoms with van der Waals surface area (Å²) >= 11 is 0. The number of nitrogens with zero attached hydrogens (tertiary/aromatic N) is 5. The van der Waals surface area contributed by atoms with E-state index in [1.807, 2.05) is 126 Å². The van der Waals surface area contributed by atoms with Gasteiger partial charge in [0.2, 0.25) is 5.82 Å². The largest absolute Gasteiger partial charge is 0.309 e. The molecule has 14 aromatic rings. The molecule has 0 amide bonds. The van der Waals surface area contributed by atoms with Crippen molar-refractivity contribution in [3.05, 3.63) is 229 Å². The van der Waals surface area contributed by atoms with Crippen LogP contribution in [0.2, 0.25) is 0 Å². The Morgan fingerprint density at radius 3 is 1.13 bits per heavy atom. The number of nitriles is 1. The van der Waals surface area contributed by atoms with Crippen molar-refractivity contribution in [3.8, 4) is 39.9 Å². The number of hydrogen-bond donors (Lipinski definition) is 0. The van der Waals surface area contributed by atoms with Crippen LogP contribution in [0, 0.1) is 40.4 Å². The third kappa shape index (κ3) is 5.48. The molecular formula is C61H32F5N5. The fourth-order valence-corrected chi connectivity index (χ4v) is 11.3. The minimum Gasteiger partial charge on any atom is -0.309 e. The van der Waals surface area contributed by atoms with Crippen LogP contribution in [-0.2, 0) is 0 Å². The Balaban J connectivity index is 1.23. The van der Waals surface area contributed by atoms with Crippen molar-refractivity contribution in [2.24, 2.45) is 0 Å². The molecule has 4 heterocycles. The molecule has 0 fully saturated rings. The number of halogens is 5. The van der Waals surface area contributed by atoms with E-state index in [1.54, 1.807) is 0 Å². The second-order valence-electron chi connectivity index (χ2n) is 17.7. The highest BCUT2D eigenvalue weighted by atomic mass is 19.2. The first-order valence-electron chi connectivity index (χ1n) is 23.0. The Hall–Kier alpha value is -9.46. The van der Waals surface area contributed by atoms with Gasteiger partial charge in [0.1, 0.15) is 0 Å². The van der Waals surface area contributed by atoms with Gasteiger partial charge < -0.3 is 18.3 Å². The summed E-state index contributed by atoms with van der Waals surface area (Å²) in [5, 5.41) is 18.2. The number of fused-ring (bicyclic) bond motifs is 14. The van der Waals surface area contributed by atoms with Crippen molar-refractivity contribution in [1.29, 1.82) is 5.26 Å². The lowest BCUT2D eigenvalue weighted by Gasteiger charge is -2.20. The SMILES string of the molecule is N#Cc1cc(-n2c3ccccc3c3ccc4c(c5ccccc5n4-c4ccccc4)c32)c(-n2c3ccccc3c3ccc4c(c5ccccc5n4-c4ccccc4)c32)cc1-c1c(F)c(F)c(F)c(F)c1F. The molecule has 0 unspecified atom stereocenters. The highest BCUT2D eigenvalue weighted by Crippen LogP contribution is 2.48. The average Bonchev–Trinajstić information content (AvgIpc) is 4.16. The van der Waals surface area contributed by atoms with Crippen molar-refractivity contribution < 1.29 is 22.0 Å². The quantitative estimate of drug-likeness (QED) is 0.0963. The van der Waals surface area contributed by atoms with Gasteiger partial charge in [-0.25, -0.2) is 22.0 Å². The Kier molecular flexibility index (Phi) is 8.59. The van der Waals surface area contributed by atoms with Crippen molar-refractivity contribution in [1.82, 2.24) is 18.3 Å². The van der Waals surface area contributed by atoms with Crippen LogP contribution < -0.4 is 0 Å². The summed E-state index contributed by atoms with van der Waals surface area (Å²) in [5.74, 6) is -10.6. The zero-order valence-corrected chi connectivity index (χ0v) is 37.1. The van der Waals surface area contributed by atoms with Gasteiger partial charge in [0.05, 0.1) is 72.7 Å². The molecule has 0 bridgehead atoms. The molecule has 0 aliphatic rings. The summed E-state index contributed by atoms with van der Waals surface area (Å²) in [7, 11) is 0. The Morgan fingerprint density at radius 2 is 0.690 bits per heavy atom. The van der Waals surface area contributed by atoms with Gasteiger partial charge in [0, 0.05) is 60.0 Å². The van der Waals surface area contributed by atoms with E-state index in [0.29, 0.717) is 16.9 Å². The van der Waals surface area contributed by atoms with Gasteiger partial charge in [-0.2, -0.15) is 5.26 Å². The molecular weight excluding hydrogens is 898 g/mol. The minimum atomic E-state index is -2.29. The summed E-state index contributed by atoms with van der Waals surface area (Å²) in [6.45, 7) is 0. The molecule has 0 aliphatic carbocycles. The topological polar surface area (TPSA) is 43.5 Å². The number of aromatic nitrogens is 4. The van der Waals surface area contributed by atoms with Crippen molar-refractivity contribution in [2.75, 3.05) is 0 Å².